The molecule has 0 radical (unpaired) electrons. The van der Waals surface area contributed by atoms with E-state index in [2.05, 4.69) is 12.1 Å². The number of nitrogens with zero attached hydrogens (tertiary/aromatic N) is 2. The maximum atomic E-state index is 13.0. The number of rotatable bonds is 2. The van der Waals surface area contributed by atoms with Crippen molar-refractivity contribution in [3.63, 3.8) is 0 Å². The Morgan fingerprint density at radius 2 is 1.76 bits per heavy atom. The zero-order valence-electron chi connectivity index (χ0n) is 14.2. The first-order chi connectivity index (χ1) is 12.2. The van der Waals surface area contributed by atoms with Crippen LogP contribution < -0.4 is 0 Å². The number of amides is 2. The maximum Gasteiger partial charge on any atom is 0.257 e. The summed E-state index contributed by atoms with van der Waals surface area (Å²) in [6.45, 7) is 2.34. The number of carbonyl (C=O) groups is 2. The van der Waals surface area contributed by atoms with E-state index < -0.39 is 0 Å². The quantitative estimate of drug-likeness (QED) is 0.846. The minimum absolute atomic E-state index is 0.0242. The van der Waals surface area contributed by atoms with Crippen molar-refractivity contribution in [2.45, 2.75) is 25.2 Å². The number of carbonyl (C=O) groups excluding carboxylic acids is 2. The average Bonchev–Trinajstić information content (AvgIpc) is 3.21. The van der Waals surface area contributed by atoms with Crippen LogP contribution in [-0.4, -0.2) is 47.8 Å². The molecule has 1 unspecified atom stereocenters. The van der Waals surface area contributed by atoms with E-state index in [-0.39, 0.29) is 17.7 Å². The predicted octanol–water partition coefficient (Wildman–Crippen LogP) is 2.68. The number of benzene rings is 1. The van der Waals surface area contributed by atoms with E-state index in [0.717, 1.165) is 19.3 Å². The van der Waals surface area contributed by atoms with Gasteiger partial charge in [0, 0.05) is 26.2 Å². The Kier molecular flexibility index (Phi) is 4.30. The minimum Gasteiger partial charge on any atom is -0.472 e. The highest BCUT2D eigenvalue weighted by Crippen LogP contribution is 2.33. The Balaban J connectivity index is 1.41. The molecule has 1 aromatic carbocycles. The lowest BCUT2D eigenvalue weighted by molar-refractivity contribution is -0.134. The third kappa shape index (κ3) is 3.06. The van der Waals surface area contributed by atoms with Crippen molar-refractivity contribution in [1.82, 2.24) is 9.80 Å². The summed E-state index contributed by atoms with van der Waals surface area (Å²) < 4.78 is 4.99. The van der Waals surface area contributed by atoms with Crippen molar-refractivity contribution < 1.29 is 14.0 Å². The number of fused-ring (bicyclic) bond motifs is 1. The largest absolute Gasteiger partial charge is 0.472 e. The van der Waals surface area contributed by atoms with Gasteiger partial charge in [-0.25, -0.2) is 0 Å². The number of furan rings is 1. The van der Waals surface area contributed by atoms with Crippen LogP contribution in [0.2, 0.25) is 0 Å². The third-order valence-electron chi connectivity index (χ3n) is 5.31. The fourth-order valence-electron chi connectivity index (χ4n) is 3.93. The molecular weight excluding hydrogens is 316 g/mol. The maximum absolute atomic E-state index is 13.0. The molecule has 0 saturated carbocycles. The van der Waals surface area contributed by atoms with Crippen molar-refractivity contribution in [2.75, 3.05) is 26.2 Å². The Morgan fingerprint density at radius 1 is 1.00 bits per heavy atom. The Hall–Kier alpha value is -2.56. The lowest BCUT2D eigenvalue weighted by Crippen LogP contribution is -2.51. The summed E-state index contributed by atoms with van der Waals surface area (Å²) in [5.74, 6) is 0.160. The Morgan fingerprint density at radius 3 is 2.52 bits per heavy atom. The van der Waals surface area contributed by atoms with Crippen LogP contribution in [-0.2, 0) is 11.2 Å². The second-order valence-electron chi connectivity index (χ2n) is 6.77. The van der Waals surface area contributed by atoms with E-state index in [1.165, 1.54) is 23.7 Å². The standard InChI is InChI=1S/C20H22N2O3/c23-19(16-8-13-25-14-16)21-9-11-22(12-10-21)20(24)18-7-3-5-15-4-1-2-6-17(15)18/h1-2,4,6,8,13-14,18H,3,5,7,9-12H2. The van der Waals surface area contributed by atoms with Crippen LogP contribution in [0.3, 0.4) is 0 Å². The fraction of sp³-hybridized carbons (Fsp3) is 0.400. The lowest BCUT2D eigenvalue weighted by atomic mass is 9.82. The number of hydrogen-bond donors (Lipinski definition) is 0. The summed E-state index contributed by atoms with van der Waals surface area (Å²) >= 11 is 0. The molecule has 130 valence electrons. The summed E-state index contributed by atoms with van der Waals surface area (Å²) in [7, 11) is 0. The van der Waals surface area contributed by atoms with Gasteiger partial charge in [0.15, 0.2) is 0 Å². The van der Waals surface area contributed by atoms with Crippen LogP contribution in [0.1, 0.15) is 40.2 Å². The molecule has 0 N–H and O–H groups in total. The predicted molar refractivity (Wildman–Crippen MR) is 93.3 cm³/mol. The van der Waals surface area contributed by atoms with Crippen molar-refractivity contribution in [3.05, 3.63) is 59.5 Å². The van der Waals surface area contributed by atoms with Crippen molar-refractivity contribution in [1.29, 1.82) is 0 Å². The first-order valence-electron chi connectivity index (χ1n) is 8.92. The number of aryl methyl sites for hydroxylation is 1. The summed E-state index contributed by atoms with van der Waals surface area (Å²) in [6, 6.07) is 9.97. The van der Waals surface area contributed by atoms with Crippen LogP contribution in [0.15, 0.2) is 47.3 Å². The number of piperazine rings is 1. The Bertz CT molecular complexity index is 761. The molecule has 1 fully saturated rings. The molecule has 5 heteroatoms. The van der Waals surface area contributed by atoms with Crippen molar-refractivity contribution in [3.8, 4) is 0 Å². The molecule has 25 heavy (non-hydrogen) atoms. The van der Waals surface area contributed by atoms with Gasteiger partial charge in [0.25, 0.3) is 5.91 Å². The van der Waals surface area contributed by atoms with Gasteiger partial charge >= 0.3 is 0 Å². The Labute approximate surface area is 147 Å². The third-order valence-corrected chi connectivity index (χ3v) is 5.31. The van der Waals surface area contributed by atoms with Gasteiger partial charge in [-0.05, 0) is 36.5 Å². The van der Waals surface area contributed by atoms with Crippen LogP contribution in [0, 0.1) is 0 Å². The molecule has 2 amide bonds. The molecule has 1 atom stereocenters. The molecule has 2 aliphatic rings. The van der Waals surface area contributed by atoms with Crippen molar-refractivity contribution >= 4 is 11.8 Å². The summed E-state index contributed by atoms with van der Waals surface area (Å²) in [6.07, 6.45) is 6.02. The van der Waals surface area contributed by atoms with Crippen LogP contribution in [0.4, 0.5) is 0 Å². The van der Waals surface area contributed by atoms with Gasteiger partial charge in [-0.3, -0.25) is 9.59 Å². The highest BCUT2D eigenvalue weighted by molar-refractivity contribution is 5.94. The normalized spacial score (nSPS) is 20.2. The van der Waals surface area contributed by atoms with Gasteiger partial charge in [-0.2, -0.15) is 0 Å². The molecule has 1 saturated heterocycles. The second-order valence-corrected chi connectivity index (χ2v) is 6.77. The highest BCUT2D eigenvalue weighted by atomic mass is 16.3. The minimum atomic E-state index is -0.0268. The monoisotopic (exact) mass is 338 g/mol. The molecule has 4 rings (SSSR count). The molecule has 0 spiro atoms. The van der Waals surface area contributed by atoms with Crippen LogP contribution in [0.25, 0.3) is 0 Å². The van der Waals surface area contributed by atoms with Gasteiger partial charge < -0.3 is 14.2 Å². The second kappa shape index (κ2) is 6.75. The van der Waals surface area contributed by atoms with Gasteiger partial charge in [0.2, 0.25) is 5.91 Å². The molecule has 5 nitrogen and oxygen atoms in total. The van der Waals surface area contributed by atoms with E-state index >= 15 is 0 Å². The molecule has 0 bridgehead atoms. The summed E-state index contributed by atoms with van der Waals surface area (Å²) in [5.41, 5.74) is 3.07. The molecule has 2 heterocycles. The van der Waals surface area contributed by atoms with Crippen LogP contribution in [0.5, 0.6) is 0 Å². The van der Waals surface area contributed by atoms with E-state index in [9.17, 15) is 9.59 Å². The molecular formula is C20H22N2O3. The zero-order chi connectivity index (χ0) is 17.2. The van der Waals surface area contributed by atoms with Gasteiger partial charge in [0.05, 0.1) is 17.7 Å². The van der Waals surface area contributed by atoms with Crippen molar-refractivity contribution in [2.24, 2.45) is 0 Å². The van der Waals surface area contributed by atoms with Crippen LogP contribution >= 0.6 is 0 Å². The lowest BCUT2D eigenvalue weighted by Gasteiger charge is -2.37. The number of hydrogen-bond acceptors (Lipinski definition) is 3. The summed E-state index contributed by atoms with van der Waals surface area (Å²) in [5, 5.41) is 0. The van der Waals surface area contributed by atoms with E-state index in [1.807, 2.05) is 17.0 Å². The van der Waals surface area contributed by atoms with E-state index in [4.69, 9.17) is 4.42 Å². The zero-order valence-corrected chi connectivity index (χ0v) is 14.2. The van der Waals surface area contributed by atoms with E-state index in [1.54, 1.807) is 11.0 Å². The smallest absolute Gasteiger partial charge is 0.257 e. The van der Waals surface area contributed by atoms with Gasteiger partial charge in [-0.1, -0.05) is 24.3 Å². The highest BCUT2D eigenvalue weighted by Gasteiger charge is 2.32. The fourth-order valence-corrected chi connectivity index (χ4v) is 3.93. The molecule has 1 aromatic heterocycles. The summed E-state index contributed by atoms with van der Waals surface area (Å²) in [4.78, 5) is 29.1. The first-order valence-corrected chi connectivity index (χ1v) is 8.92. The van der Waals surface area contributed by atoms with Gasteiger partial charge in [-0.15, -0.1) is 0 Å². The first kappa shape index (κ1) is 15.9. The molecule has 1 aliphatic heterocycles. The topological polar surface area (TPSA) is 53.8 Å². The van der Waals surface area contributed by atoms with E-state index in [0.29, 0.717) is 31.7 Å². The molecule has 2 aromatic rings. The van der Waals surface area contributed by atoms with Gasteiger partial charge in [0.1, 0.15) is 6.26 Å². The average molecular weight is 338 g/mol. The SMILES string of the molecule is O=C(c1ccoc1)N1CCN(C(=O)C2CCCc3ccccc32)CC1. The molecule has 1 aliphatic carbocycles.